The SMILES string of the molecule is CS(=O)(=O)c1ccc(C2=C(c3ccc(Br)c(Br)c3)CC3(CC3)C2)cc1. The van der Waals surface area contributed by atoms with Crippen molar-refractivity contribution in [3.05, 3.63) is 62.5 Å². The van der Waals surface area contributed by atoms with Crippen LogP contribution in [0.5, 0.6) is 0 Å². The van der Waals surface area contributed by atoms with Gasteiger partial charge in [-0.25, -0.2) is 8.42 Å². The first kappa shape index (κ1) is 17.5. The Morgan fingerprint density at radius 2 is 1.40 bits per heavy atom. The Morgan fingerprint density at radius 1 is 0.840 bits per heavy atom. The minimum atomic E-state index is -3.16. The average molecular weight is 482 g/mol. The van der Waals surface area contributed by atoms with Gasteiger partial charge in [0.05, 0.1) is 4.90 Å². The molecule has 2 aliphatic carbocycles. The molecule has 0 unspecified atom stereocenters. The first-order chi connectivity index (χ1) is 11.8. The topological polar surface area (TPSA) is 34.1 Å². The van der Waals surface area contributed by atoms with Crippen molar-refractivity contribution in [2.24, 2.45) is 5.41 Å². The second-order valence-electron chi connectivity index (χ2n) is 7.24. The summed E-state index contributed by atoms with van der Waals surface area (Å²) in [6.07, 6.45) is 6.04. The summed E-state index contributed by atoms with van der Waals surface area (Å²) in [5.74, 6) is 0. The van der Waals surface area contributed by atoms with Crippen LogP contribution in [0.25, 0.3) is 11.1 Å². The molecule has 0 radical (unpaired) electrons. The van der Waals surface area contributed by atoms with Crippen LogP contribution in [-0.4, -0.2) is 14.7 Å². The van der Waals surface area contributed by atoms with E-state index in [9.17, 15) is 8.42 Å². The van der Waals surface area contributed by atoms with Crippen LogP contribution in [0.3, 0.4) is 0 Å². The molecule has 0 aromatic heterocycles. The molecule has 0 amide bonds. The zero-order valence-corrected chi connectivity index (χ0v) is 17.8. The van der Waals surface area contributed by atoms with E-state index in [0.717, 1.165) is 27.4 Å². The molecule has 2 aliphatic rings. The van der Waals surface area contributed by atoms with Crippen LogP contribution in [0.2, 0.25) is 0 Å². The molecular formula is C20H18Br2O2S. The van der Waals surface area contributed by atoms with Crippen LogP contribution in [-0.2, 0) is 9.84 Å². The highest BCUT2D eigenvalue weighted by atomic mass is 79.9. The molecule has 1 spiro atoms. The number of allylic oxidation sites excluding steroid dienone is 2. The van der Waals surface area contributed by atoms with Gasteiger partial charge in [-0.1, -0.05) is 18.2 Å². The van der Waals surface area contributed by atoms with E-state index in [-0.39, 0.29) is 0 Å². The molecule has 0 heterocycles. The van der Waals surface area contributed by atoms with Crippen LogP contribution < -0.4 is 0 Å². The lowest BCUT2D eigenvalue weighted by Gasteiger charge is -2.10. The van der Waals surface area contributed by atoms with Crippen LogP contribution in [0.1, 0.15) is 36.8 Å². The summed E-state index contributed by atoms with van der Waals surface area (Å²) in [6.45, 7) is 0. The van der Waals surface area contributed by atoms with Crippen molar-refractivity contribution in [3.8, 4) is 0 Å². The van der Waals surface area contributed by atoms with Gasteiger partial charge < -0.3 is 0 Å². The van der Waals surface area contributed by atoms with Crippen LogP contribution in [0.4, 0.5) is 0 Å². The van der Waals surface area contributed by atoms with E-state index >= 15 is 0 Å². The second-order valence-corrected chi connectivity index (χ2v) is 11.0. The molecule has 0 bridgehead atoms. The van der Waals surface area contributed by atoms with E-state index in [2.05, 4.69) is 50.1 Å². The Kier molecular flexibility index (Phi) is 4.25. The second kappa shape index (κ2) is 6.07. The van der Waals surface area contributed by atoms with Crippen molar-refractivity contribution in [1.82, 2.24) is 0 Å². The molecule has 2 nitrogen and oxygen atoms in total. The normalized spacial score (nSPS) is 18.8. The number of sulfone groups is 1. The molecule has 4 rings (SSSR count). The van der Waals surface area contributed by atoms with Gasteiger partial charge in [-0.05, 0) is 109 Å². The van der Waals surface area contributed by atoms with Crippen molar-refractivity contribution < 1.29 is 8.42 Å². The Labute approximate surface area is 165 Å². The number of hydrogen-bond donors (Lipinski definition) is 0. The van der Waals surface area contributed by atoms with Gasteiger partial charge in [-0.2, -0.15) is 0 Å². The predicted molar refractivity (Wildman–Crippen MR) is 109 cm³/mol. The molecule has 0 N–H and O–H groups in total. The van der Waals surface area contributed by atoms with Gasteiger partial charge in [0, 0.05) is 15.2 Å². The molecule has 1 saturated carbocycles. The maximum Gasteiger partial charge on any atom is 0.175 e. The quantitative estimate of drug-likeness (QED) is 0.530. The molecule has 0 saturated heterocycles. The van der Waals surface area contributed by atoms with E-state index in [1.165, 1.54) is 35.8 Å². The molecule has 1 fully saturated rings. The van der Waals surface area contributed by atoms with Crippen molar-refractivity contribution in [1.29, 1.82) is 0 Å². The number of halogens is 2. The van der Waals surface area contributed by atoms with E-state index < -0.39 is 9.84 Å². The predicted octanol–water partition coefficient (Wildman–Crippen LogP) is 6.10. The minimum absolute atomic E-state index is 0.379. The number of rotatable bonds is 3. The molecule has 0 atom stereocenters. The van der Waals surface area contributed by atoms with Crippen molar-refractivity contribution in [3.63, 3.8) is 0 Å². The van der Waals surface area contributed by atoms with Crippen molar-refractivity contribution in [2.45, 2.75) is 30.6 Å². The third kappa shape index (κ3) is 3.38. The lowest BCUT2D eigenvalue weighted by Crippen LogP contribution is -1.97. The summed E-state index contributed by atoms with van der Waals surface area (Å²) in [5, 5.41) is 0. The average Bonchev–Trinajstić information content (AvgIpc) is 3.20. The fraction of sp³-hybridized carbons (Fsp3) is 0.300. The maximum atomic E-state index is 11.7. The largest absolute Gasteiger partial charge is 0.224 e. The highest BCUT2D eigenvalue weighted by molar-refractivity contribution is 9.13. The molecular weight excluding hydrogens is 464 g/mol. The number of hydrogen-bond acceptors (Lipinski definition) is 2. The van der Waals surface area contributed by atoms with E-state index in [4.69, 9.17) is 0 Å². The van der Waals surface area contributed by atoms with Gasteiger partial charge >= 0.3 is 0 Å². The van der Waals surface area contributed by atoms with Gasteiger partial charge in [-0.15, -0.1) is 0 Å². The molecule has 130 valence electrons. The zero-order chi connectivity index (χ0) is 17.8. The van der Waals surface area contributed by atoms with Gasteiger partial charge in [-0.3, -0.25) is 0 Å². The summed E-state index contributed by atoms with van der Waals surface area (Å²) < 4.78 is 25.5. The highest BCUT2D eigenvalue weighted by Gasteiger charge is 2.48. The Bertz CT molecular complexity index is 985. The molecule has 2 aromatic carbocycles. The molecule has 2 aromatic rings. The fourth-order valence-electron chi connectivity index (χ4n) is 3.70. The van der Waals surface area contributed by atoms with Crippen molar-refractivity contribution in [2.75, 3.05) is 6.26 Å². The van der Waals surface area contributed by atoms with E-state index in [0.29, 0.717) is 10.3 Å². The summed E-state index contributed by atoms with van der Waals surface area (Å²) >= 11 is 7.15. The first-order valence-corrected chi connectivity index (χ1v) is 11.7. The third-order valence-electron chi connectivity index (χ3n) is 5.32. The lowest BCUT2D eigenvalue weighted by molar-refractivity contribution is 0.568. The summed E-state index contributed by atoms with van der Waals surface area (Å²) in [7, 11) is -3.16. The minimum Gasteiger partial charge on any atom is -0.224 e. The summed E-state index contributed by atoms with van der Waals surface area (Å²) in [5.41, 5.74) is 5.61. The summed E-state index contributed by atoms with van der Waals surface area (Å²) in [4.78, 5) is 0.379. The maximum absolute atomic E-state index is 11.7. The van der Waals surface area contributed by atoms with Gasteiger partial charge in [0.15, 0.2) is 9.84 Å². The Hall–Kier alpha value is -0.910. The molecule has 25 heavy (non-hydrogen) atoms. The number of benzene rings is 2. The highest BCUT2D eigenvalue weighted by Crippen LogP contribution is 2.63. The van der Waals surface area contributed by atoms with Crippen molar-refractivity contribution >= 4 is 52.8 Å². The first-order valence-electron chi connectivity index (χ1n) is 8.25. The van der Waals surface area contributed by atoms with Crippen LogP contribution in [0, 0.1) is 5.41 Å². The van der Waals surface area contributed by atoms with Gasteiger partial charge in [0.2, 0.25) is 0 Å². The van der Waals surface area contributed by atoms with E-state index in [1.807, 2.05) is 12.1 Å². The summed E-state index contributed by atoms with van der Waals surface area (Å²) in [6, 6.07) is 13.8. The monoisotopic (exact) mass is 480 g/mol. The zero-order valence-electron chi connectivity index (χ0n) is 13.9. The van der Waals surface area contributed by atoms with Gasteiger partial charge in [0.25, 0.3) is 0 Å². The van der Waals surface area contributed by atoms with E-state index in [1.54, 1.807) is 12.1 Å². The van der Waals surface area contributed by atoms with Crippen LogP contribution >= 0.6 is 31.9 Å². The van der Waals surface area contributed by atoms with Crippen LogP contribution in [0.15, 0.2) is 56.3 Å². The lowest BCUT2D eigenvalue weighted by atomic mass is 9.97. The smallest absolute Gasteiger partial charge is 0.175 e. The third-order valence-corrected chi connectivity index (χ3v) is 8.33. The molecule has 0 aliphatic heterocycles. The fourth-order valence-corrected chi connectivity index (χ4v) is 4.95. The molecule has 5 heteroatoms. The Balaban J connectivity index is 1.79. The Morgan fingerprint density at radius 3 is 1.92 bits per heavy atom. The van der Waals surface area contributed by atoms with Gasteiger partial charge in [0.1, 0.15) is 0 Å². The standard InChI is InChI=1S/C20H18Br2O2S/c1-25(23,24)15-5-2-13(3-6-15)16-11-20(8-9-20)12-17(16)14-4-7-18(21)19(22)10-14/h2-7,10H,8-9,11-12H2,1H3.